The van der Waals surface area contributed by atoms with Gasteiger partial charge in [-0.2, -0.15) is 0 Å². The third-order valence-corrected chi connectivity index (χ3v) is 6.60. The lowest BCUT2D eigenvalue weighted by Crippen LogP contribution is -2.35. The van der Waals surface area contributed by atoms with Crippen LogP contribution in [0.15, 0.2) is 53.6 Å². The van der Waals surface area contributed by atoms with E-state index in [1.807, 2.05) is 42.5 Å². The molecule has 7 heteroatoms. The molecule has 0 unspecified atom stereocenters. The summed E-state index contributed by atoms with van der Waals surface area (Å²) in [5, 5.41) is 3.73. The van der Waals surface area contributed by atoms with Gasteiger partial charge in [0.15, 0.2) is 5.60 Å². The van der Waals surface area contributed by atoms with Gasteiger partial charge < -0.3 is 14.2 Å². The Balaban J connectivity index is 1.53. The topological polar surface area (TPSA) is 93.5 Å². The van der Waals surface area contributed by atoms with E-state index in [1.54, 1.807) is 6.07 Å². The molecule has 7 nitrogen and oxygen atoms in total. The number of carbonyl (C=O) groups excluding carboxylic acids is 1. The van der Waals surface area contributed by atoms with Crippen LogP contribution in [0, 0.1) is 0 Å². The average molecular weight is 494 g/mol. The molecular weight excluding hydrogens is 454 g/mol. The van der Waals surface area contributed by atoms with Gasteiger partial charge in [-0.1, -0.05) is 112 Å². The van der Waals surface area contributed by atoms with Crippen LogP contribution in [0.5, 0.6) is 5.75 Å². The number of benzene rings is 2. The fourth-order valence-corrected chi connectivity index (χ4v) is 4.62. The van der Waals surface area contributed by atoms with Crippen molar-refractivity contribution in [2.75, 3.05) is 19.8 Å². The number of hydrogen-bond acceptors (Lipinski definition) is 5. The standard InChI is InChI=1S/C29H39N3O4/c1-2-3-4-5-6-7-8-9-10-14-20-35-26-19-15-18-25-27(26)28(33)36-29(25,22-31-32-30)23-34-21-24-16-12-11-13-17-24/h11-13,15-19H,2-10,14,20-23H2,1H3/t29-/m0/s1. The predicted molar refractivity (Wildman–Crippen MR) is 141 cm³/mol. The lowest BCUT2D eigenvalue weighted by molar-refractivity contribution is -0.0591. The number of esters is 1. The van der Waals surface area contributed by atoms with Crippen LogP contribution in [-0.2, 0) is 21.7 Å². The molecule has 1 atom stereocenters. The first kappa shape index (κ1) is 27.6. The molecule has 0 radical (unpaired) electrons. The molecule has 2 aromatic carbocycles. The van der Waals surface area contributed by atoms with Gasteiger partial charge in [0.25, 0.3) is 0 Å². The van der Waals surface area contributed by atoms with Gasteiger partial charge in [-0.3, -0.25) is 0 Å². The van der Waals surface area contributed by atoms with Crippen LogP contribution in [0.3, 0.4) is 0 Å². The van der Waals surface area contributed by atoms with Crippen molar-refractivity contribution in [1.82, 2.24) is 0 Å². The van der Waals surface area contributed by atoms with E-state index in [9.17, 15) is 4.79 Å². The summed E-state index contributed by atoms with van der Waals surface area (Å²) in [7, 11) is 0. The Morgan fingerprint density at radius 1 is 0.917 bits per heavy atom. The number of ether oxygens (including phenoxy) is 3. The minimum atomic E-state index is -1.16. The molecule has 0 fully saturated rings. The first-order chi connectivity index (χ1) is 17.7. The third kappa shape index (κ3) is 8.00. The Morgan fingerprint density at radius 2 is 1.61 bits per heavy atom. The normalized spacial score (nSPS) is 16.3. The van der Waals surface area contributed by atoms with Gasteiger partial charge in [0.2, 0.25) is 0 Å². The third-order valence-electron chi connectivity index (χ3n) is 6.60. The maximum absolute atomic E-state index is 12.9. The monoisotopic (exact) mass is 493 g/mol. The van der Waals surface area contributed by atoms with E-state index in [4.69, 9.17) is 19.7 Å². The zero-order valence-corrected chi connectivity index (χ0v) is 21.5. The summed E-state index contributed by atoms with van der Waals surface area (Å²) in [5.41, 5.74) is 9.83. The summed E-state index contributed by atoms with van der Waals surface area (Å²) < 4.78 is 17.7. The highest BCUT2D eigenvalue weighted by Gasteiger charge is 2.47. The number of carbonyl (C=O) groups is 1. The van der Waals surface area contributed by atoms with Crippen molar-refractivity contribution in [2.24, 2.45) is 5.11 Å². The number of fused-ring (bicyclic) bond motifs is 1. The second kappa shape index (κ2) is 15.2. The molecule has 3 rings (SSSR count). The van der Waals surface area contributed by atoms with Crippen molar-refractivity contribution >= 4 is 5.97 Å². The van der Waals surface area contributed by atoms with Crippen LogP contribution in [0.25, 0.3) is 10.4 Å². The second-order valence-electron chi connectivity index (χ2n) is 9.46. The minimum Gasteiger partial charge on any atom is -0.493 e. The van der Waals surface area contributed by atoms with Crippen LogP contribution in [0.1, 0.15) is 92.6 Å². The van der Waals surface area contributed by atoms with Crippen molar-refractivity contribution in [3.8, 4) is 5.75 Å². The maximum Gasteiger partial charge on any atom is 0.343 e. The van der Waals surface area contributed by atoms with Crippen LogP contribution < -0.4 is 4.74 Å². The van der Waals surface area contributed by atoms with E-state index < -0.39 is 11.6 Å². The fraction of sp³-hybridized carbons (Fsp3) is 0.552. The molecule has 2 aromatic rings. The van der Waals surface area contributed by atoms with Gasteiger partial charge in [-0.15, -0.1) is 0 Å². The molecule has 1 heterocycles. The minimum absolute atomic E-state index is 0.0427. The van der Waals surface area contributed by atoms with Gasteiger partial charge in [0.05, 0.1) is 26.4 Å². The van der Waals surface area contributed by atoms with Crippen LogP contribution in [0.2, 0.25) is 0 Å². The second-order valence-corrected chi connectivity index (χ2v) is 9.46. The predicted octanol–water partition coefficient (Wildman–Crippen LogP) is 7.88. The molecule has 36 heavy (non-hydrogen) atoms. The molecule has 1 aliphatic heterocycles. The molecule has 1 aliphatic rings. The largest absolute Gasteiger partial charge is 0.493 e. The number of rotatable bonds is 18. The Bertz CT molecular complexity index is 991. The van der Waals surface area contributed by atoms with Crippen molar-refractivity contribution in [3.05, 3.63) is 75.7 Å². The molecule has 0 spiro atoms. The number of cyclic esters (lactones) is 1. The smallest absolute Gasteiger partial charge is 0.343 e. The van der Waals surface area contributed by atoms with E-state index in [1.165, 1.54) is 51.4 Å². The summed E-state index contributed by atoms with van der Waals surface area (Å²) in [4.78, 5) is 15.8. The quantitative estimate of drug-likeness (QED) is 0.0694. The highest BCUT2D eigenvalue weighted by atomic mass is 16.6. The number of hydrogen-bond donors (Lipinski definition) is 0. The molecule has 0 amide bonds. The molecule has 0 aromatic heterocycles. The van der Waals surface area contributed by atoms with Crippen molar-refractivity contribution in [3.63, 3.8) is 0 Å². The molecule has 0 saturated carbocycles. The van der Waals surface area contributed by atoms with Gasteiger partial charge in [-0.25, -0.2) is 4.79 Å². The van der Waals surface area contributed by atoms with Gasteiger partial charge in [-0.05, 0) is 23.6 Å². The fourth-order valence-electron chi connectivity index (χ4n) is 4.62. The highest BCUT2D eigenvalue weighted by Crippen LogP contribution is 2.41. The molecule has 0 aliphatic carbocycles. The SMILES string of the molecule is CCCCCCCCCCCCOc1cccc2c1C(=O)O[C@@]2(CN=[N+]=[N-])COCc1ccccc1. The Labute approximate surface area is 214 Å². The Hall–Kier alpha value is -3.02. The van der Waals surface area contributed by atoms with E-state index in [-0.39, 0.29) is 13.2 Å². The summed E-state index contributed by atoms with van der Waals surface area (Å²) in [6.07, 6.45) is 12.5. The Kier molecular flexibility index (Phi) is 11.6. The average Bonchev–Trinajstić information content (AvgIpc) is 3.19. The number of nitrogens with zero attached hydrogens (tertiary/aromatic N) is 3. The first-order valence-electron chi connectivity index (χ1n) is 13.3. The summed E-state index contributed by atoms with van der Waals surface area (Å²) in [6.45, 7) is 3.20. The molecule has 0 N–H and O–H groups in total. The highest BCUT2D eigenvalue weighted by molar-refractivity contribution is 5.97. The van der Waals surface area contributed by atoms with E-state index in [0.717, 1.165) is 18.4 Å². The van der Waals surface area contributed by atoms with E-state index >= 15 is 0 Å². The van der Waals surface area contributed by atoms with Crippen molar-refractivity contribution in [2.45, 2.75) is 83.3 Å². The number of azide groups is 1. The van der Waals surface area contributed by atoms with Crippen LogP contribution in [0.4, 0.5) is 0 Å². The lowest BCUT2D eigenvalue weighted by Gasteiger charge is -2.27. The molecule has 0 saturated heterocycles. The molecule has 0 bridgehead atoms. The van der Waals surface area contributed by atoms with Crippen molar-refractivity contribution < 1.29 is 19.0 Å². The van der Waals surface area contributed by atoms with E-state index in [0.29, 0.717) is 30.1 Å². The summed E-state index contributed by atoms with van der Waals surface area (Å²) in [6, 6.07) is 15.2. The zero-order chi connectivity index (χ0) is 25.5. The van der Waals surface area contributed by atoms with Crippen molar-refractivity contribution in [1.29, 1.82) is 0 Å². The maximum atomic E-state index is 12.9. The van der Waals surface area contributed by atoms with Gasteiger partial charge in [0, 0.05) is 10.5 Å². The first-order valence-corrected chi connectivity index (χ1v) is 13.3. The number of unbranched alkanes of at least 4 members (excludes halogenated alkanes) is 9. The van der Waals surface area contributed by atoms with Gasteiger partial charge in [0.1, 0.15) is 11.3 Å². The molecule has 194 valence electrons. The zero-order valence-electron chi connectivity index (χ0n) is 21.5. The van der Waals surface area contributed by atoms with Gasteiger partial charge >= 0.3 is 5.97 Å². The Morgan fingerprint density at radius 3 is 2.31 bits per heavy atom. The summed E-state index contributed by atoms with van der Waals surface area (Å²) >= 11 is 0. The molecular formula is C29H39N3O4. The van der Waals surface area contributed by atoms with Crippen LogP contribution >= 0.6 is 0 Å². The van der Waals surface area contributed by atoms with Crippen LogP contribution in [-0.4, -0.2) is 25.7 Å². The summed E-state index contributed by atoms with van der Waals surface area (Å²) in [5.74, 6) is 0.0411. The van der Waals surface area contributed by atoms with E-state index in [2.05, 4.69) is 16.9 Å². The lowest BCUT2D eigenvalue weighted by atomic mass is 9.92.